The first-order valence-corrected chi connectivity index (χ1v) is 16.2. The zero-order valence-corrected chi connectivity index (χ0v) is 26.2. The lowest BCUT2D eigenvalue weighted by Crippen LogP contribution is -2.51. The largest absolute Gasteiger partial charge is 0.462 e. The van der Waals surface area contributed by atoms with E-state index >= 15 is 0 Å². The lowest BCUT2D eigenvalue weighted by atomic mass is 9.47. The highest BCUT2D eigenvalue weighted by Gasteiger charge is 2.59. The van der Waals surface area contributed by atoms with Crippen molar-refractivity contribution in [3.63, 3.8) is 0 Å². The van der Waals surface area contributed by atoms with E-state index in [-0.39, 0.29) is 23.5 Å². The monoisotopic (exact) mass is 564 g/mol. The zero-order valence-electron chi connectivity index (χ0n) is 26.2. The molecule has 0 unspecified atom stereocenters. The van der Waals surface area contributed by atoms with Gasteiger partial charge in [-0.25, -0.2) is 4.79 Å². The molecule has 41 heavy (non-hydrogen) atoms. The number of hydrogen-bond donors (Lipinski definition) is 1. The average molecular weight is 565 g/mol. The van der Waals surface area contributed by atoms with Crippen LogP contribution < -0.4 is 0 Å². The van der Waals surface area contributed by atoms with Gasteiger partial charge in [-0.2, -0.15) is 0 Å². The van der Waals surface area contributed by atoms with E-state index in [0.717, 1.165) is 43.4 Å². The third-order valence-corrected chi connectivity index (χ3v) is 12.1. The van der Waals surface area contributed by atoms with Crippen molar-refractivity contribution >= 4 is 11.9 Å². The second-order valence-corrected chi connectivity index (χ2v) is 14.9. The van der Waals surface area contributed by atoms with E-state index in [0.29, 0.717) is 29.2 Å². The average Bonchev–Trinajstić information content (AvgIpc) is 3.28. The Balaban J connectivity index is 1.24. The van der Waals surface area contributed by atoms with Crippen LogP contribution in [0.4, 0.5) is 0 Å². The predicted molar refractivity (Wildman–Crippen MR) is 161 cm³/mol. The molecule has 3 fully saturated rings. The topological polar surface area (TPSA) is 72.8 Å². The van der Waals surface area contributed by atoms with Crippen molar-refractivity contribution in [1.82, 2.24) is 0 Å². The zero-order chi connectivity index (χ0) is 29.6. The van der Waals surface area contributed by atoms with Crippen LogP contribution in [0.3, 0.4) is 0 Å². The molecule has 0 amide bonds. The van der Waals surface area contributed by atoms with Crippen LogP contribution in [-0.2, 0) is 14.3 Å². The normalized spacial score (nSPS) is 36.2. The Morgan fingerprint density at radius 3 is 2.44 bits per heavy atom. The lowest BCUT2D eigenvalue weighted by molar-refractivity contribution is -0.148. The summed E-state index contributed by atoms with van der Waals surface area (Å²) in [5, 5.41) is 10.9. The first kappa shape index (κ1) is 30.3. The van der Waals surface area contributed by atoms with Gasteiger partial charge in [0.25, 0.3) is 0 Å². The number of benzene rings is 1. The molecule has 226 valence electrons. The maximum absolute atomic E-state index is 12.8. The van der Waals surface area contributed by atoms with Crippen molar-refractivity contribution in [2.24, 2.45) is 40.4 Å². The Bertz CT molecular complexity index is 1130. The summed E-state index contributed by atoms with van der Waals surface area (Å²) in [6.07, 6.45) is 13.0. The van der Waals surface area contributed by atoms with Gasteiger partial charge >= 0.3 is 11.9 Å². The van der Waals surface area contributed by atoms with Crippen LogP contribution in [-0.4, -0.2) is 34.9 Å². The van der Waals surface area contributed by atoms with E-state index in [1.807, 2.05) is 18.2 Å². The maximum Gasteiger partial charge on any atom is 0.338 e. The third-order valence-electron chi connectivity index (χ3n) is 12.1. The number of hydrogen-bond acceptors (Lipinski definition) is 5. The molecular weight excluding hydrogens is 512 g/mol. The van der Waals surface area contributed by atoms with Crippen molar-refractivity contribution < 1.29 is 24.2 Å². The van der Waals surface area contributed by atoms with Crippen molar-refractivity contribution in [2.75, 3.05) is 0 Å². The van der Waals surface area contributed by atoms with Crippen LogP contribution >= 0.6 is 0 Å². The number of allylic oxidation sites excluding steroid dienone is 1. The number of carbonyl (C=O) groups is 2. The van der Waals surface area contributed by atoms with Gasteiger partial charge in [0.05, 0.1) is 11.2 Å². The van der Waals surface area contributed by atoms with E-state index in [1.165, 1.54) is 39.0 Å². The van der Waals surface area contributed by atoms with Gasteiger partial charge < -0.3 is 14.6 Å². The minimum atomic E-state index is -1.10. The Morgan fingerprint density at radius 2 is 1.76 bits per heavy atom. The molecule has 5 nitrogen and oxygen atoms in total. The number of carbonyl (C=O) groups excluding carboxylic acids is 2. The molecule has 1 aromatic rings. The summed E-state index contributed by atoms with van der Waals surface area (Å²) in [7, 11) is 0. The summed E-state index contributed by atoms with van der Waals surface area (Å²) in [6, 6.07) is 9.07. The van der Waals surface area contributed by atoms with E-state index in [4.69, 9.17) is 9.47 Å². The first-order valence-electron chi connectivity index (χ1n) is 16.2. The molecule has 0 bridgehead atoms. The Hall–Kier alpha value is -2.14. The van der Waals surface area contributed by atoms with Crippen LogP contribution in [0.25, 0.3) is 0 Å². The summed E-state index contributed by atoms with van der Waals surface area (Å²) in [5.74, 6) is 2.85. The number of aliphatic hydroxyl groups is 1. The predicted octanol–water partition coefficient (Wildman–Crippen LogP) is 7.91. The van der Waals surface area contributed by atoms with Gasteiger partial charge in [0.2, 0.25) is 0 Å². The highest BCUT2D eigenvalue weighted by atomic mass is 16.6. The van der Waals surface area contributed by atoms with Gasteiger partial charge in [0.1, 0.15) is 12.2 Å². The summed E-state index contributed by atoms with van der Waals surface area (Å²) in [5.41, 5.74) is 1.55. The molecule has 0 heterocycles. The Labute approximate surface area is 247 Å². The highest BCUT2D eigenvalue weighted by Crippen LogP contribution is 2.67. The van der Waals surface area contributed by atoms with Crippen molar-refractivity contribution in [3.8, 4) is 0 Å². The van der Waals surface area contributed by atoms with E-state index in [2.05, 4.69) is 26.8 Å². The molecule has 4 aliphatic carbocycles. The summed E-state index contributed by atoms with van der Waals surface area (Å²) in [6.45, 7) is 12.5. The number of ether oxygens (including phenoxy) is 2. The maximum atomic E-state index is 12.8. The molecule has 3 saturated carbocycles. The lowest BCUT2D eigenvalue weighted by Gasteiger charge is -2.58. The molecule has 0 radical (unpaired) electrons. The van der Waals surface area contributed by atoms with Gasteiger partial charge in [-0.1, -0.05) is 50.6 Å². The fourth-order valence-electron chi connectivity index (χ4n) is 9.88. The van der Waals surface area contributed by atoms with Crippen LogP contribution in [0.1, 0.15) is 116 Å². The van der Waals surface area contributed by atoms with Gasteiger partial charge in [-0.05, 0) is 124 Å². The molecule has 4 aliphatic rings. The second kappa shape index (κ2) is 11.5. The summed E-state index contributed by atoms with van der Waals surface area (Å²) < 4.78 is 11.5. The molecule has 0 saturated heterocycles. The van der Waals surface area contributed by atoms with E-state index in [1.54, 1.807) is 31.6 Å². The molecule has 1 N–H and O–H groups in total. The first-order chi connectivity index (χ1) is 19.3. The minimum Gasteiger partial charge on any atom is -0.462 e. The van der Waals surface area contributed by atoms with Crippen LogP contribution in [0, 0.1) is 40.4 Å². The fraction of sp³-hybridized carbons (Fsp3) is 0.722. The van der Waals surface area contributed by atoms with Crippen LogP contribution in [0.2, 0.25) is 0 Å². The molecular formula is C36H52O5. The van der Waals surface area contributed by atoms with Crippen molar-refractivity contribution in [1.29, 1.82) is 0 Å². The molecule has 1 aromatic carbocycles. The Kier molecular flexibility index (Phi) is 8.51. The van der Waals surface area contributed by atoms with Gasteiger partial charge in [-0.15, -0.1) is 0 Å². The quantitative estimate of drug-likeness (QED) is 0.257. The van der Waals surface area contributed by atoms with Gasteiger partial charge in [0, 0.05) is 13.3 Å². The van der Waals surface area contributed by atoms with Gasteiger partial charge in [-0.3, -0.25) is 4.79 Å². The van der Waals surface area contributed by atoms with Crippen molar-refractivity contribution in [2.45, 2.75) is 124 Å². The van der Waals surface area contributed by atoms with Gasteiger partial charge in [0.15, 0.2) is 0 Å². The minimum absolute atomic E-state index is 0.0497. The molecule has 9 atom stereocenters. The molecule has 0 aliphatic heterocycles. The summed E-state index contributed by atoms with van der Waals surface area (Å²) in [4.78, 5) is 24.4. The standard InChI is InChI=1S/C36H52O5/c1-23(12-17-32(34(3,4)39)41-33(38)25-10-8-7-9-11-25)29-15-16-30-28-14-13-26-22-27(40-24(2)37)18-20-35(26,5)31(28)19-21-36(29,30)6/h7-11,13,23,27-32,39H,12,14-22H2,1-6H3/t23-,27+,28+,29-,30+,31+,32-,35+,36-/m1/s1. The van der Waals surface area contributed by atoms with Crippen LogP contribution in [0.5, 0.6) is 0 Å². The van der Waals surface area contributed by atoms with Crippen LogP contribution in [0.15, 0.2) is 42.0 Å². The fourth-order valence-corrected chi connectivity index (χ4v) is 9.88. The number of esters is 2. The smallest absolute Gasteiger partial charge is 0.338 e. The second-order valence-electron chi connectivity index (χ2n) is 14.9. The molecule has 0 spiro atoms. The molecule has 5 rings (SSSR count). The molecule has 0 aromatic heterocycles. The summed E-state index contributed by atoms with van der Waals surface area (Å²) >= 11 is 0. The van der Waals surface area contributed by atoms with E-state index < -0.39 is 11.7 Å². The van der Waals surface area contributed by atoms with E-state index in [9.17, 15) is 14.7 Å². The van der Waals surface area contributed by atoms with Crippen molar-refractivity contribution in [3.05, 3.63) is 47.5 Å². The highest BCUT2D eigenvalue weighted by molar-refractivity contribution is 5.89. The molecule has 5 heteroatoms. The number of rotatable bonds is 8. The number of fused-ring (bicyclic) bond motifs is 5. The third kappa shape index (κ3) is 5.90. The Morgan fingerprint density at radius 1 is 1.02 bits per heavy atom. The SMILES string of the molecule is CC(=O)O[C@H]1CC[C@@]2(C)C(=CC[C@H]3[C@@H]4CC[C@H]([C@H](C)CC[C@@H](OC(=O)c5ccccc5)C(C)(C)O)[C@@]4(C)CC[C@@H]32)C1.